The van der Waals surface area contributed by atoms with Crippen LogP contribution in [0.15, 0.2) is 35.7 Å². The lowest BCUT2D eigenvalue weighted by atomic mass is 9.87. The van der Waals surface area contributed by atoms with E-state index in [9.17, 15) is 22.8 Å². The highest BCUT2D eigenvalue weighted by Gasteiger charge is 2.34. The molecule has 0 N–H and O–H groups in total. The third kappa shape index (κ3) is 6.20. The minimum absolute atomic E-state index is 0.0351. The van der Waals surface area contributed by atoms with Gasteiger partial charge in [-0.1, -0.05) is 24.3 Å². The molecule has 0 saturated heterocycles. The summed E-state index contributed by atoms with van der Waals surface area (Å²) in [6.45, 7) is 1.64. The van der Waals surface area contributed by atoms with E-state index in [1.807, 2.05) is 19.2 Å². The van der Waals surface area contributed by atoms with Crippen molar-refractivity contribution >= 4 is 23.2 Å². The van der Waals surface area contributed by atoms with Gasteiger partial charge in [0.1, 0.15) is 12.2 Å². The van der Waals surface area contributed by atoms with Gasteiger partial charge in [0.05, 0.1) is 11.0 Å². The SMILES string of the molecule is Cc1cc(C(F)(F)F)nn1CC(=O)N(C)CCCc1nc(C(=O)N(C)[C@@H]2CCCc3ccccc32)cs1. The molecule has 1 aliphatic rings. The molecule has 0 spiro atoms. The molecule has 2 heterocycles. The van der Waals surface area contributed by atoms with Gasteiger partial charge in [0.2, 0.25) is 5.91 Å². The molecule has 2 aromatic heterocycles. The largest absolute Gasteiger partial charge is 0.435 e. The summed E-state index contributed by atoms with van der Waals surface area (Å²) in [5.74, 6) is -0.436. The van der Waals surface area contributed by atoms with Gasteiger partial charge in [-0.3, -0.25) is 14.3 Å². The minimum Gasteiger partial charge on any atom is -0.344 e. The van der Waals surface area contributed by atoms with Crippen LogP contribution in [0.2, 0.25) is 0 Å². The lowest BCUT2D eigenvalue weighted by molar-refractivity contribution is -0.142. The summed E-state index contributed by atoms with van der Waals surface area (Å²) in [4.78, 5) is 33.4. The van der Waals surface area contributed by atoms with E-state index < -0.39 is 11.9 Å². The maximum Gasteiger partial charge on any atom is 0.435 e. The highest BCUT2D eigenvalue weighted by atomic mass is 32.1. The second-order valence-corrected chi connectivity index (χ2v) is 10.3. The molecule has 11 heteroatoms. The number of fused-ring (bicyclic) bond motifs is 1. The van der Waals surface area contributed by atoms with Crippen LogP contribution in [-0.4, -0.2) is 57.0 Å². The monoisotopic (exact) mass is 533 g/mol. The molecule has 4 rings (SSSR count). The zero-order valence-electron chi connectivity index (χ0n) is 21.1. The van der Waals surface area contributed by atoms with Crippen LogP contribution in [0, 0.1) is 6.92 Å². The Bertz CT molecular complexity index is 1270. The van der Waals surface area contributed by atoms with Crippen LogP contribution in [0.5, 0.6) is 0 Å². The van der Waals surface area contributed by atoms with E-state index >= 15 is 0 Å². The predicted molar refractivity (Wildman–Crippen MR) is 134 cm³/mol. The Hall–Kier alpha value is -3.21. The van der Waals surface area contributed by atoms with Crippen molar-refractivity contribution < 1.29 is 22.8 Å². The van der Waals surface area contributed by atoms with Gasteiger partial charge in [0.25, 0.3) is 5.91 Å². The molecule has 3 aromatic rings. The Morgan fingerprint density at radius 3 is 2.70 bits per heavy atom. The average Bonchev–Trinajstić information content (AvgIpc) is 3.49. The molecule has 0 saturated carbocycles. The number of likely N-dealkylation sites (N-methyl/N-ethyl adjacent to an activating group) is 1. The fourth-order valence-corrected chi connectivity index (χ4v) is 5.44. The first-order chi connectivity index (χ1) is 17.5. The van der Waals surface area contributed by atoms with E-state index in [1.165, 1.54) is 34.3 Å². The second-order valence-electron chi connectivity index (χ2n) is 9.39. The zero-order chi connectivity index (χ0) is 26.7. The predicted octanol–water partition coefficient (Wildman–Crippen LogP) is 4.91. The summed E-state index contributed by atoms with van der Waals surface area (Å²) in [6, 6.07) is 9.22. The van der Waals surface area contributed by atoms with E-state index in [-0.39, 0.29) is 30.1 Å². The number of halogens is 3. The first-order valence-electron chi connectivity index (χ1n) is 12.2. The first-order valence-corrected chi connectivity index (χ1v) is 13.1. The number of alkyl halides is 3. The van der Waals surface area contributed by atoms with Crippen LogP contribution in [-0.2, 0) is 30.4 Å². The highest BCUT2D eigenvalue weighted by Crippen LogP contribution is 2.34. The lowest BCUT2D eigenvalue weighted by Crippen LogP contribution is -2.33. The molecule has 1 aromatic carbocycles. The average molecular weight is 534 g/mol. The van der Waals surface area contributed by atoms with Gasteiger partial charge < -0.3 is 9.80 Å². The van der Waals surface area contributed by atoms with Gasteiger partial charge in [0.15, 0.2) is 5.69 Å². The molecule has 37 heavy (non-hydrogen) atoms. The molecular formula is C26H30F3N5O2S. The van der Waals surface area contributed by atoms with Crippen LogP contribution < -0.4 is 0 Å². The number of nitrogens with zero attached hydrogens (tertiary/aromatic N) is 5. The van der Waals surface area contributed by atoms with Crippen molar-refractivity contribution in [3.8, 4) is 0 Å². The topological polar surface area (TPSA) is 71.3 Å². The van der Waals surface area contributed by atoms with E-state index in [1.54, 1.807) is 17.3 Å². The fourth-order valence-electron chi connectivity index (χ4n) is 4.63. The number of benzene rings is 1. The Morgan fingerprint density at radius 2 is 1.97 bits per heavy atom. The van der Waals surface area contributed by atoms with Crippen molar-refractivity contribution in [2.75, 3.05) is 20.6 Å². The summed E-state index contributed by atoms with van der Waals surface area (Å²) < 4.78 is 39.6. The van der Waals surface area contributed by atoms with Crippen LogP contribution in [0.4, 0.5) is 13.2 Å². The molecule has 0 aliphatic heterocycles. The number of carbonyl (C=O) groups excluding carboxylic acids is 2. The van der Waals surface area contributed by atoms with E-state index in [0.29, 0.717) is 25.1 Å². The Morgan fingerprint density at radius 1 is 1.22 bits per heavy atom. The number of rotatable bonds is 8. The van der Waals surface area contributed by atoms with Gasteiger partial charge in [-0.05, 0) is 49.8 Å². The number of hydrogen-bond donors (Lipinski definition) is 0. The molecule has 1 atom stereocenters. The first kappa shape index (κ1) is 26.8. The number of amides is 2. The van der Waals surface area contributed by atoms with Gasteiger partial charge in [-0.25, -0.2) is 4.98 Å². The summed E-state index contributed by atoms with van der Waals surface area (Å²) >= 11 is 1.41. The van der Waals surface area contributed by atoms with Crippen LogP contribution in [0.3, 0.4) is 0 Å². The zero-order valence-corrected chi connectivity index (χ0v) is 21.9. The van der Waals surface area contributed by atoms with Crippen LogP contribution in [0.25, 0.3) is 0 Å². The number of carbonyl (C=O) groups is 2. The Labute approximate surface area is 217 Å². The number of aryl methyl sites for hydroxylation is 3. The molecule has 0 unspecified atom stereocenters. The van der Waals surface area contributed by atoms with Gasteiger partial charge in [-0.15, -0.1) is 11.3 Å². The molecule has 1 aliphatic carbocycles. The third-order valence-electron chi connectivity index (χ3n) is 6.76. The molecular weight excluding hydrogens is 503 g/mol. The van der Waals surface area contributed by atoms with Gasteiger partial charge in [0, 0.05) is 38.1 Å². The fraction of sp³-hybridized carbons (Fsp3) is 0.462. The number of aromatic nitrogens is 3. The normalized spacial score (nSPS) is 15.4. The Kier molecular flexibility index (Phi) is 8.01. The van der Waals surface area contributed by atoms with Crippen molar-refractivity contribution in [1.29, 1.82) is 0 Å². The van der Waals surface area contributed by atoms with Crippen LogP contribution >= 0.6 is 11.3 Å². The maximum absolute atomic E-state index is 13.1. The molecule has 0 fully saturated rings. The van der Waals surface area contributed by atoms with Crippen molar-refractivity contribution in [3.63, 3.8) is 0 Å². The van der Waals surface area contributed by atoms with Crippen molar-refractivity contribution in [2.45, 2.75) is 57.8 Å². The number of hydrogen-bond acceptors (Lipinski definition) is 5. The molecule has 0 bridgehead atoms. The second kappa shape index (κ2) is 11.0. The molecule has 198 valence electrons. The summed E-state index contributed by atoms with van der Waals surface area (Å²) in [6.07, 6.45) is -0.355. The van der Waals surface area contributed by atoms with E-state index in [0.717, 1.165) is 35.0 Å². The van der Waals surface area contributed by atoms with Crippen LogP contribution in [0.1, 0.15) is 63.3 Å². The Balaban J connectivity index is 1.28. The maximum atomic E-state index is 13.1. The molecule has 2 amide bonds. The van der Waals surface area contributed by atoms with Gasteiger partial charge >= 0.3 is 6.18 Å². The number of thiazole rings is 1. The van der Waals surface area contributed by atoms with E-state index in [2.05, 4.69) is 22.2 Å². The summed E-state index contributed by atoms with van der Waals surface area (Å²) in [5, 5.41) is 6.09. The molecule has 0 radical (unpaired) electrons. The lowest BCUT2D eigenvalue weighted by Gasteiger charge is -2.33. The summed E-state index contributed by atoms with van der Waals surface area (Å²) in [7, 11) is 3.44. The highest BCUT2D eigenvalue weighted by molar-refractivity contribution is 7.09. The molecule has 7 nitrogen and oxygen atoms in total. The minimum atomic E-state index is -4.55. The smallest absolute Gasteiger partial charge is 0.344 e. The van der Waals surface area contributed by atoms with Crippen molar-refractivity contribution in [1.82, 2.24) is 24.6 Å². The van der Waals surface area contributed by atoms with E-state index in [4.69, 9.17) is 0 Å². The van der Waals surface area contributed by atoms with Crippen molar-refractivity contribution in [3.05, 3.63) is 68.9 Å². The van der Waals surface area contributed by atoms with Gasteiger partial charge in [-0.2, -0.15) is 18.3 Å². The van der Waals surface area contributed by atoms with Crippen molar-refractivity contribution in [2.24, 2.45) is 0 Å². The summed E-state index contributed by atoms with van der Waals surface area (Å²) in [5.41, 5.74) is 2.18. The third-order valence-corrected chi connectivity index (χ3v) is 7.67. The quantitative estimate of drug-likeness (QED) is 0.413. The standard InChI is InChI=1S/C26H30F3N5O2S/c1-17-14-22(26(27,28)29)31-34(17)15-24(35)32(2)13-7-12-23-30-20(16-37-23)25(36)33(3)21-11-6-9-18-8-4-5-10-19(18)21/h4-5,8,10,14,16,21H,6-7,9,11-13,15H2,1-3H3/t21-/m1/s1.